The molecule has 0 saturated carbocycles. The van der Waals surface area contributed by atoms with Gasteiger partial charge in [0.25, 0.3) is 0 Å². The molecule has 0 N–H and O–H groups in total. The quantitative estimate of drug-likeness (QED) is 0.807. The van der Waals surface area contributed by atoms with Crippen molar-refractivity contribution in [2.75, 3.05) is 33.9 Å². The minimum Gasteiger partial charge on any atom is -0.497 e. The first kappa shape index (κ1) is 14.0. The van der Waals surface area contributed by atoms with Crippen LogP contribution in [0.4, 0.5) is 0 Å². The zero-order valence-corrected chi connectivity index (χ0v) is 11.6. The summed E-state index contributed by atoms with van der Waals surface area (Å²) in [5.74, 6) is 1.04. The fourth-order valence-corrected chi connectivity index (χ4v) is 2.19. The maximum Gasteiger partial charge on any atom is 0.163 e. The Balaban J connectivity index is 1.82. The molecule has 1 aromatic rings. The van der Waals surface area contributed by atoms with Crippen LogP contribution in [-0.2, 0) is 16.0 Å². The smallest absolute Gasteiger partial charge is 0.163 e. The summed E-state index contributed by atoms with van der Waals surface area (Å²) in [6, 6.07) is 7.84. The minimum absolute atomic E-state index is 0.197. The third-order valence-corrected chi connectivity index (χ3v) is 3.45. The molecule has 1 aliphatic heterocycles. The highest BCUT2D eigenvalue weighted by molar-refractivity contribution is 5.83. The van der Waals surface area contributed by atoms with Gasteiger partial charge in [-0.15, -0.1) is 0 Å². The molecule has 1 fully saturated rings. The summed E-state index contributed by atoms with van der Waals surface area (Å²) in [6.45, 7) is 2.26. The second-order valence-electron chi connectivity index (χ2n) is 4.94. The number of methoxy groups -OCH3 is 1. The fourth-order valence-electron chi connectivity index (χ4n) is 2.19. The molecule has 0 aliphatic carbocycles. The highest BCUT2D eigenvalue weighted by atomic mass is 16.5. The number of nitrogens with zero attached hydrogens (tertiary/aromatic N) is 1. The molecule has 4 heteroatoms. The monoisotopic (exact) mass is 263 g/mol. The molecule has 1 saturated heterocycles. The van der Waals surface area contributed by atoms with Crippen LogP contribution in [0, 0.1) is 0 Å². The van der Waals surface area contributed by atoms with Gasteiger partial charge >= 0.3 is 0 Å². The van der Waals surface area contributed by atoms with E-state index in [0.29, 0.717) is 19.6 Å². The Labute approximate surface area is 114 Å². The van der Waals surface area contributed by atoms with Gasteiger partial charge in [-0.2, -0.15) is 0 Å². The first-order valence-electron chi connectivity index (χ1n) is 6.65. The largest absolute Gasteiger partial charge is 0.497 e. The van der Waals surface area contributed by atoms with Gasteiger partial charge in [0.15, 0.2) is 5.78 Å². The Morgan fingerprint density at radius 3 is 2.79 bits per heavy atom. The lowest BCUT2D eigenvalue weighted by Gasteiger charge is -2.29. The molecule has 1 aromatic carbocycles. The van der Waals surface area contributed by atoms with E-state index in [4.69, 9.17) is 9.47 Å². The highest BCUT2D eigenvalue weighted by Gasteiger charge is 2.24. The van der Waals surface area contributed by atoms with Gasteiger partial charge < -0.3 is 14.4 Å². The number of hydrogen-bond donors (Lipinski definition) is 0. The van der Waals surface area contributed by atoms with Crippen LogP contribution >= 0.6 is 0 Å². The van der Waals surface area contributed by atoms with Gasteiger partial charge in [0.05, 0.1) is 13.7 Å². The molecule has 104 valence electrons. The highest BCUT2D eigenvalue weighted by Crippen LogP contribution is 2.14. The van der Waals surface area contributed by atoms with E-state index < -0.39 is 0 Å². The van der Waals surface area contributed by atoms with Gasteiger partial charge in [0.1, 0.15) is 11.9 Å². The number of ether oxygens (including phenoxy) is 2. The number of morpholine rings is 1. The van der Waals surface area contributed by atoms with Crippen LogP contribution in [-0.4, -0.2) is 50.6 Å². The summed E-state index contributed by atoms with van der Waals surface area (Å²) in [4.78, 5) is 14.2. The minimum atomic E-state index is -0.253. The Bertz CT molecular complexity index is 416. The number of likely N-dealkylation sites (N-methyl/N-ethyl adjacent to an activating group) is 1. The Morgan fingerprint density at radius 1 is 1.42 bits per heavy atom. The summed E-state index contributed by atoms with van der Waals surface area (Å²) in [6.07, 6.45) is 1.04. The van der Waals surface area contributed by atoms with Crippen molar-refractivity contribution in [2.45, 2.75) is 18.9 Å². The van der Waals surface area contributed by atoms with Crippen molar-refractivity contribution < 1.29 is 14.3 Å². The third kappa shape index (κ3) is 4.04. The van der Waals surface area contributed by atoms with Gasteiger partial charge in [-0.25, -0.2) is 0 Å². The lowest BCUT2D eigenvalue weighted by Crippen LogP contribution is -2.44. The topological polar surface area (TPSA) is 38.8 Å². The van der Waals surface area contributed by atoms with E-state index in [0.717, 1.165) is 24.3 Å². The molecule has 0 spiro atoms. The second-order valence-corrected chi connectivity index (χ2v) is 4.94. The average Bonchev–Trinajstić information content (AvgIpc) is 2.45. The first-order chi connectivity index (χ1) is 9.19. The van der Waals surface area contributed by atoms with Gasteiger partial charge in [-0.05, 0) is 31.2 Å². The van der Waals surface area contributed by atoms with Crippen molar-refractivity contribution in [3.63, 3.8) is 0 Å². The van der Waals surface area contributed by atoms with Crippen LogP contribution in [0.2, 0.25) is 0 Å². The molecule has 1 unspecified atom stereocenters. The maximum absolute atomic E-state index is 12.1. The lowest BCUT2D eigenvalue weighted by molar-refractivity contribution is -0.135. The van der Waals surface area contributed by atoms with Crippen molar-refractivity contribution in [3.05, 3.63) is 29.8 Å². The molecular weight excluding hydrogens is 242 g/mol. The van der Waals surface area contributed by atoms with Crippen LogP contribution in [0.1, 0.15) is 12.0 Å². The summed E-state index contributed by atoms with van der Waals surface area (Å²) in [5.41, 5.74) is 1.15. The number of benzene rings is 1. The van der Waals surface area contributed by atoms with E-state index in [1.165, 1.54) is 0 Å². The molecule has 0 aromatic heterocycles. The molecule has 0 bridgehead atoms. The van der Waals surface area contributed by atoms with E-state index in [9.17, 15) is 4.79 Å². The molecule has 0 radical (unpaired) electrons. The van der Waals surface area contributed by atoms with Crippen molar-refractivity contribution in [2.24, 2.45) is 0 Å². The second kappa shape index (κ2) is 6.68. The van der Waals surface area contributed by atoms with E-state index in [1.54, 1.807) is 7.11 Å². The van der Waals surface area contributed by atoms with Gasteiger partial charge in [-0.1, -0.05) is 12.1 Å². The molecule has 19 heavy (non-hydrogen) atoms. The average molecular weight is 263 g/mol. The van der Waals surface area contributed by atoms with Gasteiger partial charge in [-0.3, -0.25) is 4.79 Å². The standard InChI is InChI=1S/C15H21NO3/c1-16-9-10-19-15(11-16)14(17)8-5-12-3-6-13(18-2)7-4-12/h3-4,6-7,15H,5,8-11H2,1-2H3. The number of carbonyl (C=O) groups excluding carboxylic acids is 1. The number of rotatable bonds is 5. The lowest BCUT2D eigenvalue weighted by atomic mass is 10.0. The van der Waals surface area contributed by atoms with Crippen molar-refractivity contribution in [3.8, 4) is 5.75 Å². The predicted octanol–water partition coefficient (Wildman–Crippen LogP) is 1.53. The first-order valence-corrected chi connectivity index (χ1v) is 6.65. The normalized spacial score (nSPS) is 20.2. The number of ketones is 1. The Hall–Kier alpha value is -1.39. The van der Waals surface area contributed by atoms with Crippen LogP contribution in [0.3, 0.4) is 0 Å². The predicted molar refractivity (Wildman–Crippen MR) is 73.6 cm³/mol. The summed E-state index contributed by atoms with van der Waals surface area (Å²) in [7, 11) is 3.67. The van der Waals surface area contributed by atoms with Crippen LogP contribution in [0.15, 0.2) is 24.3 Å². The maximum atomic E-state index is 12.1. The number of hydrogen-bond acceptors (Lipinski definition) is 4. The van der Waals surface area contributed by atoms with E-state index in [2.05, 4.69) is 4.90 Å². The third-order valence-electron chi connectivity index (χ3n) is 3.45. The van der Waals surface area contributed by atoms with Crippen LogP contribution < -0.4 is 4.74 Å². The number of carbonyl (C=O) groups is 1. The van der Waals surface area contributed by atoms with Crippen molar-refractivity contribution in [1.29, 1.82) is 0 Å². The molecule has 0 amide bonds. The summed E-state index contributed by atoms with van der Waals surface area (Å²) < 4.78 is 10.6. The molecule has 1 heterocycles. The summed E-state index contributed by atoms with van der Waals surface area (Å²) >= 11 is 0. The van der Waals surface area contributed by atoms with Gasteiger partial charge in [0, 0.05) is 19.5 Å². The number of Topliss-reactive ketones (excluding diaryl/α,β-unsaturated/α-hetero) is 1. The molecular formula is C15H21NO3. The molecule has 1 atom stereocenters. The zero-order valence-electron chi connectivity index (χ0n) is 11.6. The van der Waals surface area contributed by atoms with E-state index >= 15 is 0 Å². The summed E-state index contributed by atoms with van der Waals surface area (Å²) in [5, 5.41) is 0. The molecule has 1 aliphatic rings. The van der Waals surface area contributed by atoms with Crippen LogP contribution in [0.5, 0.6) is 5.75 Å². The zero-order chi connectivity index (χ0) is 13.7. The van der Waals surface area contributed by atoms with E-state index in [-0.39, 0.29) is 11.9 Å². The SMILES string of the molecule is COc1ccc(CCC(=O)C2CN(C)CCO2)cc1. The van der Waals surface area contributed by atoms with Crippen molar-refractivity contribution in [1.82, 2.24) is 4.90 Å². The number of aryl methyl sites for hydroxylation is 1. The Morgan fingerprint density at radius 2 is 2.16 bits per heavy atom. The van der Waals surface area contributed by atoms with Crippen LogP contribution in [0.25, 0.3) is 0 Å². The fraction of sp³-hybridized carbons (Fsp3) is 0.533. The molecule has 2 rings (SSSR count). The Kier molecular flexibility index (Phi) is 4.93. The van der Waals surface area contributed by atoms with Gasteiger partial charge in [0.2, 0.25) is 0 Å². The molecule has 4 nitrogen and oxygen atoms in total. The van der Waals surface area contributed by atoms with Crippen molar-refractivity contribution >= 4 is 5.78 Å². The van der Waals surface area contributed by atoms with E-state index in [1.807, 2.05) is 31.3 Å².